The van der Waals surface area contributed by atoms with E-state index in [2.05, 4.69) is 74.1 Å². The molecule has 1 unspecified atom stereocenters. The van der Waals surface area contributed by atoms with Gasteiger partial charge in [-0.25, -0.2) is 0 Å². The van der Waals surface area contributed by atoms with Crippen LogP contribution in [0, 0.1) is 0 Å². The SMILES string of the molecule is C=NN(C)/C=C(\C)c1ccc(C2=NN(C)C(CC)Cc3ccc(OC)cc32)cc1. The third-order valence-electron chi connectivity index (χ3n) is 5.50. The predicted octanol–water partition coefficient (Wildman–Crippen LogP) is 4.62. The smallest absolute Gasteiger partial charge is 0.119 e. The highest BCUT2D eigenvalue weighted by molar-refractivity contribution is 6.14. The molecule has 1 aliphatic rings. The van der Waals surface area contributed by atoms with Gasteiger partial charge in [-0.05, 0) is 48.6 Å². The van der Waals surface area contributed by atoms with Gasteiger partial charge in [0.05, 0.1) is 18.9 Å². The van der Waals surface area contributed by atoms with Crippen molar-refractivity contribution in [3.8, 4) is 5.75 Å². The van der Waals surface area contributed by atoms with Crippen LogP contribution in [-0.2, 0) is 6.42 Å². The zero-order chi connectivity index (χ0) is 21.0. The van der Waals surface area contributed by atoms with E-state index >= 15 is 0 Å². The summed E-state index contributed by atoms with van der Waals surface area (Å²) in [7, 11) is 5.64. The molecule has 1 atom stereocenters. The zero-order valence-corrected chi connectivity index (χ0v) is 18.0. The number of nitrogens with zero attached hydrogens (tertiary/aromatic N) is 4. The van der Waals surface area contributed by atoms with E-state index < -0.39 is 0 Å². The minimum Gasteiger partial charge on any atom is -0.497 e. The lowest BCUT2D eigenvalue weighted by Crippen LogP contribution is -2.27. The van der Waals surface area contributed by atoms with Crippen molar-refractivity contribution in [3.05, 3.63) is 70.9 Å². The fraction of sp³-hybridized carbons (Fsp3) is 0.333. The van der Waals surface area contributed by atoms with Gasteiger partial charge in [0, 0.05) is 38.1 Å². The highest BCUT2D eigenvalue weighted by atomic mass is 16.5. The van der Waals surface area contributed by atoms with Crippen LogP contribution < -0.4 is 4.74 Å². The molecule has 5 heteroatoms. The second-order valence-corrected chi connectivity index (χ2v) is 7.42. The van der Waals surface area contributed by atoms with Crippen LogP contribution >= 0.6 is 0 Å². The maximum absolute atomic E-state index is 5.49. The molecule has 5 nitrogen and oxygen atoms in total. The summed E-state index contributed by atoms with van der Waals surface area (Å²) in [4.78, 5) is 0. The lowest BCUT2D eigenvalue weighted by molar-refractivity contribution is 0.248. The Bertz CT molecular complexity index is 930. The molecule has 0 saturated heterocycles. The van der Waals surface area contributed by atoms with Gasteiger partial charge in [0.25, 0.3) is 0 Å². The normalized spacial score (nSPS) is 16.6. The van der Waals surface area contributed by atoms with Crippen LogP contribution in [0.15, 0.2) is 58.9 Å². The van der Waals surface area contributed by atoms with Gasteiger partial charge in [-0.2, -0.15) is 10.2 Å². The molecule has 1 aliphatic heterocycles. The van der Waals surface area contributed by atoms with Gasteiger partial charge in [0.15, 0.2) is 0 Å². The van der Waals surface area contributed by atoms with E-state index in [-0.39, 0.29) is 0 Å². The van der Waals surface area contributed by atoms with Crippen LogP contribution in [0.3, 0.4) is 0 Å². The van der Waals surface area contributed by atoms with Crippen LogP contribution in [0.4, 0.5) is 0 Å². The second-order valence-electron chi connectivity index (χ2n) is 7.42. The molecule has 0 aromatic heterocycles. The number of rotatable bonds is 6. The number of allylic oxidation sites excluding steroid dienone is 1. The first-order valence-corrected chi connectivity index (χ1v) is 9.94. The molecular weight excluding hydrogens is 360 g/mol. The number of methoxy groups -OCH3 is 1. The number of likely N-dealkylation sites (N-methyl/N-ethyl adjacent to an activating group) is 1. The summed E-state index contributed by atoms with van der Waals surface area (Å²) in [6, 6.07) is 15.2. The molecule has 3 rings (SSSR count). The molecule has 0 radical (unpaired) electrons. The maximum Gasteiger partial charge on any atom is 0.119 e. The average Bonchev–Trinajstić information content (AvgIpc) is 2.89. The van der Waals surface area contributed by atoms with Gasteiger partial charge in [-0.1, -0.05) is 37.3 Å². The van der Waals surface area contributed by atoms with Gasteiger partial charge < -0.3 is 4.74 Å². The molecule has 0 spiro atoms. The van der Waals surface area contributed by atoms with Crippen molar-refractivity contribution in [3.63, 3.8) is 0 Å². The number of hydrogen-bond acceptors (Lipinski definition) is 5. The molecular formula is C24H30N4O. The summed E-state index contributed by atoms with van der Waals surface area (Å²) in [6.07, 6.45) is 3.98. The summed E-state index contributed by atoms with van der Waals surface area (Å²) < 4.78 is 5.49. The van der Waals surface area contributed by atoms with E-state index in [9.17, 15) is 0 Å². The first-order valence-electron chi connectivity index (χ1n) is 9.94. The molecule has 2 aromatic carbocycles. The largest absolute Gasteiger partial charge is 0.497 e. The van der Waals surface area contributed by atoms with Crippen molar-refractivity contribution in [1.82, 2.24) is 10.0 Å². The van der Waals surface area contributed by atoms with Gasteiger partial charge in [0.1, 0.15) is 5.75 Å². The van der Waals surface area contributed by atoms with Crippen molar-refractivity contribution in [2.75, 3.05) is 21.2 Å². The minimum atomic E-state index is 0.381. The quantitative estimate of drug-likeness (QED) is 0.534. The van der Waals surface area contributed by atoms with Crippen molar-refractivity contribution >= 4 is 18.0 Å². The van der Waals surface area contributed by atoms with Gasteiger partial charge in [0.2, 0.25) is 0 Å². The van der Waals surface area contributed by atoms with Crippen LogP contribution in [-0.4, -0.2) is 49.7 Å². The predicted molar refractivity (Wildman–Crippen MR) is 122 cm³/mol. The number of hydrazone groups is 2. The Morgan fingerprint density at radius 3 is 2.66 bits per heavy atom. The average molecular weight is 391 g/mol. The van der Waals surface area contributed by atoms with Crippen LogP contribution in [0.2, 0.25) is 0 Å². The molecule has 0 bridgehead atoms. The molecule has 1 heterocycles. The third kappa shape index (κ3) is 4.50. The van der Waals surface area contributed by atoms with Gasteiger partial charge in [-0.15, -0.1) is 0 Å². The van der Waals surface area contributed by atoms with Crippen molar-refractivity contribution < 1.29 is 4.74 Å². The zero-order valence-electron chi connectivity index (χ0n) is 18.0. The van der Waals surface area contributed by atoms with Gasteiger partial charge in [-0.3, -0.25) is 10.0 Å². The van der Waals surface area contributed by atoms with E-state index in [1.54, 1.807) is 12.1 Å². The van der Waals surface area contributed by atoms with Crippen LogP contribution in [0.5, 0.6) is 5.75 Å². The maximum atomic E-state index is 5.49. The molecule has 29 heavy (non-hydrogen) atoms. The highest BCUT2D eigenvalue weighted by Crippen LogP contribution is 2.28. The van der Waals surface area contributed by atoms with Crippen molar-refractivity contribution in [2.45, 2.75) is 32.7 Å². The fourth-order valence-corrected chi connectivity index (χ4v) is 3.67. The van der Waals surface area contributed by atoms with E-state index in [1.807, 2.05) is 19.3 Å². The standard InChI is InChI=1S/C24H30N4O/c1-7-21-14-20-12-13-22(29-6)15-23(20)24(26-28(21)5)19-10-8-18(9-11-19)17(2)16-27(4)25-3/h8-13,15-16,21H,3,7,14H2,1-2,4-6H3/b17-16+. The Labute approximate surface area is 174 Å². The Morgan fingerprint density at radius 2 is 2.03 bits per heavy atom. The first kappa shape index (κ1) is 20.6. The summed E-state index contributed by atoms with van der Waals surface area (Å²) in [6.45, 7) is 7.83. The Kier molecular flexibility index (Phi) is 6.37. The molecule has 152 valence electrons. The Morgan fingerprint density at radius 1 is 1.31 bits per heavy atom. The van der Waals surface area contributed by atoms with E-state index in [4.69, 9.17) is 9.84 Å². The van der Waals surface area contributed by atoms with Crippen LogP contribution in [0.25, 0.3) is 5.57 Å². The van der Waals surface area contributed by atoms with E-state index in [0.29, 0.717) is 6.04 Å². The lowest BCUT2D eigenvalue weighted by atomic mass is 9.93. The number of fused-ring (bicyclic) bond motifs is 1. The fourth-order valence-electron chi connectivity index (χ4n) is 3.67. The second kappa shape index (κ2) is 8.95. The Hall–Kier alpha value is -3.08. The molecule has 0 N–H and O–H groups in total. The molecule has 0 fully saturated rings. The number of ether oxygens (including phenoxy) is 1. The number of benzene rings is 2. The van der Waals surface area contributed by atoms with E-state index in [0.717, 1.165) is 46.6 Å². The van der Waals surface area contributed by atoms with Gasteiger partial charge >= 0.3 is 0 Å². The van der Waals surface area contributed by atoms with Crippen molar-refractivity contribution in [2.24, 2.45) is 10.2 Å². The summed E-state index contributed by atoms with van der Waals surface area (Å²) in [5.41, 5.74) is 6.79. The van der Waals surface area contributed by atoms with Crippen molar-refractivity contribution in [1.29, 1.82) is 0 Å². The molecule has 2 aromatic rings. The van der Waals surface area contributed by atoms with E-state index in [1.165, 1.54) is 5.56 Å². The highest BCUT2D eigenvalue weighted by Gasteiger charge is 2.23. The molecule has 0 amide bonds. The third-order valence-corrected chi connectivity index (χ3v) is 5.50. The first-order chi connectivity index (χ1) is 14.0. The monoisotopic (exact) mass is 390 g/mol. The number of hydrogen-bond donors (Lipinski definition) is 0. The lowest BCUT2D eigenvalue weighted by Gasteiger charge is -2.22. The summed E-state index contributed by atoms with van der Waals surface area (Å²) in [5.74, 6) is 0.851. The minimum absolute atomic E-state index is 0.381. The summed E-state index contributed by atoms with van der Waals surface area (Å²) >= 11 is 0. The molecule has 0 saturated carbocycles. The topological polar surface area (TPSA) is 40.4 Å². The van der Waals surface area contributed by atoms with Crippen LogP contribution in [0.1, 0.15) is 42.5 Å². The molecule has 0 aliphatic carbocycles. The Balaban J connectivity index is 2.04. The summed E-state index contributed by atoms with van der Waals surface area (Å²) in [5, 5.41) is 12.7.